The molecule has 0 unspecified atom stereocenters. The maximum atomic E-state index is 11.4. The summed E-state index contributed by atoms with van der Waals surface area (Å²) in [5.74, 6) is 1.40. The summed E-state index contributed by atoms with van der Waals surface area (Å²) in [5, 5.41) is 0. The Morgan fingerprint density at radius 1 is 0.941 bits per heavy atom. The van der Waals surface area contributed by atoms with Gasteiger partial charge in [-0.2, -0.15) is 0 Å². The molecule has 0 aliphatic carbocycles. The van der Waals surface area contributed by atoms with Crippen molar-refractivity contribution in [1.29, 1.82) is 0 Å². The number of benzene rings is 2. The molecule has 0 bridgehead atoms. The van der Waals surface area contributed by atoms with Crippen molar-refractivity contribution in [2.45, 2.75) is 27.4 Å². The van der Waals surface area contributed by atoms with Crippen LogP contribution < -0.4 is 15.0 Å². The number of hydrogen-bond donors (Lipinski definition) is 1. The minimum Gasteiger partial charge on any atom is -0.489 e. The van der Waals surface area contributed by atoms with Crippen LogP contribution in [0.25, 0.3) is 21.6 Å². The first-order chi connectivity index (χ1) is 16.5. The van der Waals surface area contributed by atoms with Gasteiger partial charge in [-0.3, -0.25) is 9.17 Å². The molecule has 0 aliphatic heterocycles. The Balaban J connectivity index is 1.43. The average molecular weight is 477 g/mol. The van der Waals surface area contributed by atoms with Crippen molar-refractivity contribution in [3.63, 3.8) is 0 Å². The smallest absolute Gasteiger partial charge is 0.258 e. The van der Waals surface area contributed by atoms with E-state index in [0.29, 0.717) is 32.3 Å². The molecule has 2 aromatic carbocycles. The second kappa shape index (κ2) is 11.1. The van der Waals surface area contributed by atoms with E-state index in [1.54, 1.807) is 6.07 Å². The first kappa shape index (κ1) is 23.7. The molecule has 4 rings (SSSR count). The van der Waals surface area contributed by atoms with E-state index < -0.39 is 0 Å². The number of H-pyrrole nitrogens is 1. The maximum Gasteiger partial charge on any atom is 0.258 e. The molecule has 34 heavy (non-hydrogen) atoms. The van der Waals surface area contributed by atoms with Crippen LogP contribution in [-0.4, -0.2) is 29.2 Å². The number of aromatic amines is 1. The Morgan fingerprint density at radius 3 is 2.47 bits per heavy atom. The third-order valence-electron chi connectivity index (χ3n) is 5.34. The molecular formula is C27H28N2O4S. The summed E-state index contributed by atoms with van der Waals surface area (Å²) in [6.07, 6.45) is 0. The minimum absolute atomic E-state index is 0.0791. The summed E-state index contributed by atoms with van der Waals surface area (Å²) in [5.41, 5.74) is 6.22. The van der Waals surface area contributed by atoms with Crippen LogP contribution in [0.4, 0.5) is 0 Å². The Kier molecular flexibility index (Phi) is 7.77. The second-order valence-electron chi connectivity index (χ2n) is 7.87. The highest BCUT2D eigenvalue weighted by molar-refractivity contribution is 7.09. The lowest BCUT2D eigenvalue weighted by atomic mass is 9.98. The molecule has 0 atom stereocenters. The molecule has 0 saturated heterocycles. The fourth-order valence-electron chi connectivity index (χ4n) is 3.78. The van der Waals surface area contributed by atoms with E-state index in [2.05, 4.69) is 34.5 Å². The monoisotopic (exact) mass is 476 g/mol. The largest absolute Gasteiger partial charge is 0.489 e. The minimum atomic E-state index is -0.0791. The van der Waals surface area contributed by atoms with Gasteiger partial charge in [0.25, 0.3) is 5.56 Å². The van der Waals surface area contributed by atoms with E-state index in [4.69, 9.17) is 14.2 Å². The third-order valence-corrected chi connectivity index (χ3v) is 6.22. The molecule has 2 heterocycles. The number of nitrogens with zero attached hydrogens (tertiary/aromatic N) is 1. The molecule has 7 heteroatoms. The Labute approximate surface area is 203 Å². The summed E-state index contributed by atoms with van der Waals surface area (Å²) in [6.45, 7) is 8.21. The van der Waals surface area contributed by atoms with Gasteiger partial charge >= 0.3 is 0 Å². The molecule has 0 spiro atoms. The van der Waals surface area contributed by atoms with Gasteiger partial charge in [-0.15, -0.1) is 0 Å². The van der Waals surface area contributed by atoms with Crippen molar-refractivity contribution in [1.82, 2.24) is 9.36 Å². The molecule has 1 N–H and O–H groups in total. The van der Waals surface area contributed by atoms with Gasteiger partial charge < -0.3 is 14.2 Å². The molecule has 0 radical (unpaired) electrons. The van der Waals surface area contributed by atoms with Crippen molar-refractivity contribution < 1.29 is 14.2 Å². The van der Waals surface area contributed by atoms with Crippen molar-refractivity contribution in [3.05, 3.63) is 87.8 Å². The standard InChI is InChI=1S/C27H28N2O4S/c1-4-31-12-13-32-26-14-18(2)27(19(3)28-26)22-7-5-6-20(15-22)17-33-23-10-8-21(9-11-23)24-16-25(30)29-34-24/h5-11,14-16H,4,12-13,17H2,1-3H3,(H,29,30). The van der Waals surface area contributed by atoms with Crippen LogP contribution in [0, 0.1) is 13.8 Å². The van der Waals surface area contributed by atoms with Gasteiger partial charge in [0.1, 0.15) is 19.0 Å². The van der Waals surface area contributed by atoms with Crippen molar-refractivity contribution >= 4 is 11.5 Å². The maximum absolute atomic E-state index is 11.4. The van der Waals surface area contributed by atoms with Crippen molar-refractivity contribution in [2.75, 3.05) is 19.8 Å². The molecule has 176 valence electrons. The topological polar surface area (TPSA) is 73.4 Å². The zero-order chi connectivity index (χ0) is 23.9. The first-order valence-electron chi connectivity index (χ1n) is 11.2. The highest BCUT2D eigenvalue weighted by Gasteiger charge is 2.11. The Bertz CT molecular complexity index is 1270. The molecule has 6 nitrogen and oxygen atoms in total. The number of rotatable bonds is 10. The van der Waals surface area contributed by atoms with Gasteiger partial charge in [0.2, 0.25) is 5.88 Å². The SMILES string of the molecule is CCOCCOc1cc(C)c(-c2cccc(COc3ccc(-c4cc(=O)[nH]s4)cc3)c2)c(C)n1. The fraction of sp³-hybridized carbons (Fsp3) is 0.259. The number of nitrogens with one attached hydrogen (secondary N) is 1. The van der Waals surface area contributed by atoms with Crippen molar-refractivity contribution in [3.8, 4) is 33.2 Å². The van der Waals surface area contributed by atoms with E-state index in [0.717, 1.165) is 44.1 Å². The van der Waals surface area contributed by atoms with Crippen LogP contribution in [0.3, 0.4) is 0 Å². The van der Waals surface area contributed by atoms with Crippen LogP contribution in [0.5, 0.6) is 11.6 Å². The van der Waals surface area contributed by atoms with Crippen molar-refractivity contribution in [2.24, 2.45) is 0 Å². The Hall–Kier alpha value is -3.42. The molecule has 2 aromatic heterocycles. The predicted octanol–water partition coefficient (Wildman–Crippen LogP) is 5.78. The molecule has 0 aliphatic rings. The summed E-state index contributed by atoms with van der Waals surface area (Å²) < 4.78 is 19.8. The number of hydrogen-bond acceptors (Lipinski definition) is 6. The van der Waals surface area contributed by atoms with Gasteiger partial charge in [-0.05, 0) is 73.4 Å². The lowest BCUT2D eigenvalue weighted by molar-refractivity contribution is 0.108. The van der Waals surface area contributed by atoms with Crippen LogP contribution in [0.15, 0.2) is 65.5 Å². The van der Waals surface area contributed by atoms with E-state index in [-0.39, 0.29) is 5.56 Å². The van der Waals surface area contributed by atoms with Gasteiger partial charge in [-0.25, -0.2) is 4.98 Å². The molecule has 4 aromatic rings. The van der Waals surface area contributed by atoms with Crippen LogP contribution >= 0.6 is 11.5 Å². The van der Waals surface area contributed by atoms with E-state index >= 15 is 0 Å². The normalized spacial score (nSPS) is 10.9. The number of pyridine rings is 1. The highest BCUT2D eigenvalue weighted by atomic mass is 32.1. The first-order valence-corrected chi connectivity index (χ1v) is 12.0. The highest BCUT2D eigenvalue weighted by Crippen LogP contribution is 2.30. The number of aromatic nitrogens is 2. The summed E-state index contributed by atoms with van der Waals surface area (Å²) in [6, 6.07) is 19.7. The lowest BCUT2D eigenvalue weighted by Crippen LogP contribution is -2.08. The molecule has 0 saturated carbocycles. The van der Waals surface area contributed by atoms with E-state index in [1.165, 1.54) is 11.5 Å². The summed E-state index contributed by atoms with van der Waals surface area (Å²) in [4.78, 5) is 16.9. The van der Waals surface area contributed by atoms with Gasteiger partial charge in [0.15, 0.2) is 0 Å². The van der Waals surface area contributed by atoms with Crippen LogP contribution in [0.1, 0.15) is 23.7 Å². The summed E-state index contributed by atoms with van der Waals surface area (Å²) >= 11 is 1.33. The molecule has 0 fully saturated rings. The van der Waals surface area contributed by atoms with E-state index in [9.17, 15) is 4.79 Å². The predicted molar refractivity (Wildman–Crippen MR) is 136 cm³/mol. The molecule has 0 amide bonds. The second-order valence-corrected chi connectivity index (χ2v) is 8.72. The molecular weight excluding hydrogens is 448 g/mol. The zero-order valence-corrected chi connectivity index (χ0v) is 20.4. The zero-order valence-electron chi connectivity index (χ0n) is 19.6. The van der Waals surface area contributed by atoms with Crippen LogP contribution in [0.2, 0.25) is 0 Å². The number of ether oxygens (including phenoxy) is 3. The fourth-order valence-corrected chi connectivity index (χ4v) is 4.47. The van der Waals surface area contributed by atoms with Gasteiger partial charge in [-0.1, -0.05) is 29.7 Å². The lowest BCUT2D eigenvalue weighted by Gasteiger charge is -2.14. The van der Waals surface area contributed by atoms with Crippen LogP contribution in [-0.2, 0) is 11.3 Å². The van der Waals surface area contributed by atoms with E-state index in [1.807, 2.05) is 50.2 Å². The summed E-state index contributed by atoms with van der Waals surface area (Å²) in [7, 11) is 0. The quantitative estimate of drug-likeness (QED) is 0.294. The number of aryl methyl sites for hydroxylation is 2. The average Bonchev–Trinajstić information content (AvgIpc) is 3.27. The van der Waals surface area contributed by atoms with Gasteiger partial charge in [0.05, 0.1) is 11.5 Å². The Morgan fingerprint density at radius 2 is 1.76 bits per heavy atom. The third kappa shape index (κ3) is 5.92. The van der Waals surface area contributed by atoms with Gasteiger partial charge in [0, 0.05) is 30.0 Å².